The van der Waals surface area contributed by atoms with E-state index in [1.54, 1.807) is 19.4 Å². The Morgan fingerprint density at radius 3 is 2.91 bits per heavy atom. The fourth-order valence-electron chi connectivity index (χ4n) is 2.09. The maximum absolute atomic E-state index is 11.8. The number of benzene rings is 1. The molecule has 23 heavy (non-hydrogen) atoms. The van der Waals surface area contributed by atoms with E-state index < -0.39 is 0 Å². The van der Waals surface area contributed by atoms with Gasteiger partial charge in [-0.1, -0.05) is 12.1 Å². The summed E-state index contributed by atoms with van der Waals surface area (Å²) in [6.07, 6.45) is 2.78. The zero-order chi connectivity index (χ0) is 16.5. The normalized spacial score (nSPS) is 10.2. The van der Waals surface area contributed by atoms with Crippen molar-refractivity contribution in [3.8, 4) is 11.6 Å². The zero-order valence-corrected chi connectivity index (χ0v) is 13.5. The summed E-state index contributed by atoms with van der Waals surface area (Å²) in [4.78, 5) is 15.9. The average Bonchev–Trinajstić information content (AvgIpc) is 2.57. The Labute approximate surface area is 136 Å². The number of hydrogen-bond acceptors (Lipinski definition) is 4. The first-order chi connectivity index (χ1) is 11.2. The SMILES string of the molecule is COc1cc(CNC(=O)CCCOc2cccc(C)c2)ccn1. The second-order valence-corrected chi connectivity index (χ2v) is 5.25. The quantitative estimate of drug-likeness (QED) is 0.761. The van der Waals surface area contributed by atoms with Gasteiger partial charge in [-0.05, 0) is 42.7 Å². The molecule has 0 aliphatic carbocycles. The van der Waals surface area contributed by atoms with Gasteiger partial charge in [0.1, 0.15) is 5.75 Å². The predicted octanol–water partition coefficient (Wildman–Crippen LogP) is 2.87. The second-order valence-electron chi connectivity index (χ2n) is 5.25. The Morgan fingerprint density at radius 1 is 1.26 bits per heavy atom. The van der Waals surface area contributed by atoms with Crippen molar-refractivity contribution in [1.82, 2.24) is 10.3 Å². The molecule has 0 bridgehead atoms. The van der Waals surface area contributed by atoms with E-state index in [4.69, 9.17) is 9.47 Å². The number of pyridine rings is 1. The highest BCUT2D eigenvalue weighted by atomic mass is 16.5. The number of hydrogen-bond donors (Lipinski definition) is 1. The molecule has 0 spiro atoms. The van der Waals surface area contributed by atoms with Gasteiger partial charge in [-0.3, -0.25) is 4.79 Å². The van der Waals surface area contributed by atoms with E-state index in [9.17, 15) is 4.79 Å². The molecule has 1 heterocycles. The fraction of sp³-hybridized carbons (Fsp3) is 0.333. The van der Waals surface area contributed by atoms with Crippen LogP contribution in [0.5, 0.6) is 11.6 Å². The molecule has 2 aromatic rings. The summed E-state index contributed by atoms with van der Waals surface area (Å²) in [5.74, 6) is 1.39. The summed E-state index contributed by atoms with van der Waals surface area (Å²) in [5.41, 5.74) is 2.12. The topological polar surface area (TPSA) is 60.5 Å². The number of amides is 1. The third-order valence-electron chi connectivity index (χ3n) is 3.30. The molecule has 0 fully saturated rings. The monoisotopic (exact) mass is 314 g/mol. The van der Waals surface area contributed by atoms with E-state index in [-0.39, 0.29) is 5.91 Å². The molecule has 1 N–H and O–H groups in total. The maximum Gasteiger partial charge on any atom is 0.220 e. The van der Waals surface area contributed by atoms with Crippen LogP contribution in [-0.2, 0) is 11.3 Å². The van der Waals surface area contributed by atoms with Crippen molar-refractivity contribution < 1.29 is 14.3 Å². The van der Waals surface area contributed by atoms with Crippen LogP contribution in [0.25, 0.3) is 0 Å². The van der Waals surface area contributed by atoms with Gasteiger partial charge in [-0.25, -0.2) is 4.98 Å². The van der Waals surface area contributed by atoms with Crippen LogP contribution in [0, 0.1) is 6.92 Å². The van der Waals surface area contributed by atoms with Crippen LogP contribution in [-0.4, -0.2) is 24.6 Å². The van der Waals surface area contributed by atoms with Gasteiger partial charge in [0.15, 0.2) is 0 Å². The van der Waals surface area contributed by atoms with E-state index in [1.165, 1.54) is 0 Å². The largest absolute Gasteiger partial charge is 0.494 e. The lowest BCUT2D eigenvalue weighted by atomic mass is 10.2. The highest BCUT2D eigenvalue weighted by Crippen LogP contribution is 2.12. The first-order valence-electron chi connectivity index (χ1n) is 7.62. The first-order valence-corrected chi connectivity index (χ1v) is 7.62. The molecule has 5 nitrogen and oxygen atoms in total. The third-order valence-corrected chi connectivity index (χ3v) is 3.30. The number of carbonyl (C=O) groups excluding carboxylic acids is 1. The summed E-state index contributed by atoms with van der Waals surface area (Å²) in [6.45, 7) is 3.02. The van der Waals surface area contributed by atoms with Crippen molar-refractivity contribution in [2.45, 2.75) is 26.3 Å². The number of aromatic nitrogens is 1. The molecule has 0 unspecified atom stereocenters. The summed E-state index contributed by atoms with van der Waals surface area (Å²) in [7, 11) is 1.57. The van der Waals surface area contributed by atoms with Gasteiger partial charge in [0.2, 0.25) is 11.8 Å². The fourth-order valence-corrected chi connectivity index (χ4v) is 2.09. The lowest BCUT2D eigenvalue weighted by Crippen LogP contribution is -2.23. The lowest BCUT2D eigenvalue weighted by molar-refractivity contribution is -0.121. The van der Waals surface area contributed by atoms with E-state index in [0.717, 1.165) is 16.9 Å². The Balaban J connectivity index is 1.65. The second kappa shape index (κ2) is 8.78. The van der Waals surface area contributed by atoms with Crippen LogP contribution in [0.3, 0.4) is 0 Å². The number of methoxy groups -OCH3 is 1. The molecule has 122 valence electrons. The van der Waals surface area contributed by atoms with Gasteiger partial charge >= 0.3 is 0 Å². The molecular weight excluding hydrogens is 292 g/mol. The Hall–Kier alpha value is -2.56. The minimum Gasteiger partial charge on any atom is -0.494 e. The maximum atomic E-state index is 11.8. The van der Waals surface area contributed by atoms with Gasteiger partial charge < -0.3 is 14.8 Å². The first kappa shape index (κ1) is 16.8. The highest BCUT2D eigenvalue weighted by molar-refractivity contribution is 5.75. The van der Waals surface area contributed by atoms with Crippen molar-refractivity contribution in [3.63, 3.8) is 0 Å². The Kier molecular flexibility index (Phi) is 6.41. The van der Waals surface area contributed by atoms with Crippen LogP contribution in [0.4, 0.5) is 0 Å². The van der Waals surface area contributed by atoms with Gasteiger partial charge in [-0.2, -0.15) is 0 Å². The minimum absolute atomic E-state index is 0.00798. The van der Waals surface area contributed by atoms with E-state index in [1.807, 2.05) is 37.3 Å². The Morgan fingerprint density at radius 2 is 2.13 bits per heavy atom. The van der Waals surface area contributed by atoms with Gasteiger partial charge in [0.25, 0.3) is 0 Å². The molecule has 1 aromatic carbocycles. The van der Waals surface area contributed by atoms with Crippen LogP contribution in [0.15, 0.2) is 42.6 Å². The lowest BCUT2D eigenvalue weighted by Gasteiger charge is -2.08. The summed E-state index contributed by atoms with van der Waals surface area (Å²) in [5, 5.41) is 2.88. The summed E-state index contributed by atoms with van der Waals surface area (Å²) in [6, 6.07) is 11.5. The molecule has 2 rings (SSSR count). The molecule has 0 saturated heterocycles. The smallest absolute Gasteiger partial charge is 0.220 e. The zero-order valence-electron chi connectivity index (χ0n) is 13.5. The van der Waals surface area contributed by atoms with Crippen LogP contribution in [0.1, 0.15) is 24.0 Å². The van der Waals surface area contributed by atoms with Crippen molar-refractivity contribution in [2.75, 3.05) is 13.7 Å². The minimum atomic E-state index is 0.00798. The third kappa shape index (κ3) is 5.98. The van der Waals surface area contributed by atoms with Crippen LogP contribution >= 0.6 is 0 Å². The molecule has 1 amide bonds. The van der Waals surface area contributed by atoms with Crippen LogP contribution in [0.2, 0.25) is 0 Å². The molecule has 0 aliphatic heterocycles. The molecule has 5 heteroatoms. The van der Waals surface area contributed by atoms with Crippen molar-refractivity contribution in [2.24, 2.45) is 0 Å². The average molecular weight is 314 g/mol. The van der Waals surface area contributed by atoms with Crippen molar-refractivity contribution >= 4 is 5.91 Å². The van der Waals surface area contributed by atoms with Gasteiger partial charge in [0.05, 0.1) is 13.7 Å². The standard InChI is InChI=1S/C18H22N2O3/c1-14-5-3-6-16(11-14)23-10-4-7-17(21)20-13-15-8-9-19-18(12-15)22-2/h3,5-6,8-9,11-12H,4,7,10,13H2,1-2H3,(H,20,21). The number of nitrogens with zero attached hydrogens (tertiary/aromatic N) is 1. The Bertz CT molecular complexity index is 644. The van der Waals surface area contributed by atoms with E-state index >= 15 is 0 Å². The summed E-state index contributed by atoms with van der Waals surface area (Å²) < 4.78 is 10.7. The molecular formula is C18H22N2O3. The van der Waals surface area contributed by atoms with E-state index in [0.29, 0.717) is 31.9 Å². The number of carbonyl (C=O) groups is 1. The van der Waals surface area contributed by atoms with Crippen molar-refractivity contribution in [1.29, 1.82) is 0 Å². The number of rotatable bonds is 8. The number of nitrogens with one attached hydrogen (secondary N) is 1. The molecule has 0 atom stereocenters. The summed E-state index contributed by atoms with van der Waals surface area (Å²) >= 11 is 0. The van der Waals surface area contributed by atoms with Gasteiger partial charge in [-0.15, -0.1) is 0 Å². The highest BCUT2D eigenvalue weighted by Gasteiger charge is 2.03. The predicted molar refractivity (Wildman–Crippen MR) is 88.5 cm³/mol. The van der Waals surface area contributed by atoms with Crippen LogP contribution < -0.4 is 14.8 Å². The molecule has 0 saturated carbocycles. The van der Waals surface area contributed by atoms with Gasteiger partial charge in [0, 0.05) is 25.2 Å². The number of ether oxygens (including phenoxy) is 2. The molecule has 0 aliphatic rings. The molecule has 1 aromatic heterocycles. The number of aryl methyl sites for hydroxylation is 1. The van der Waals surface area contributed by atoms with Crippen molar-refractivity contribution in [3.05, 3.63) is 53.7 Å². The van der Waals surface area contributed by atoms with E-state index in [2.05, 4.69) is 10.3 Å². The molecule has 0 radical (unpaired) electrons.